The van der Waals surface area contributed by atoms with Crippen molar-refractivity contribution in [2.24, 2.45) is 5.92 Å². The highest BCUT2D eigenvalue weighted by molar-refractivity contribution is 5.34. The van der Waals surface area contributed by atoms with E-state index in [2.05, 4.69) is 29.4 Å². The molecule has 0 aliphatic heterocycles. The predicted molar refractivity (Wildman–Crippen MR) is 54.7 cm³/mol. The molecule has 0 bridgehead atoms. The van der Waals surface area contributed by atoms with Crippen LogP contribution in [0.3, 0.4) is 0 Å². The van der Waals surface area contributed by atoms with Gasteiger partial charge in [-0.05, 0) is 24.5 Å². The quantitative estimate of drug-likeness (QED) is 0.786. The third kappa shape index (κ3) is 3.40. The molecule has 1 rings (SSSR count). The van der Waals surface area contributed by atoms with E-state index in [1.807, 2.05) is 6.07 Å². The van der Waals surface area contributed by atoms with Gasteiger partial charge in [0.25, 0.3) is 0 Å². The van der Waals surface area contributed by atoms with Crippen LogP contribution in [0.2, 0.25) is 0 Å². The number of anilines is 1. The minimum Gasteiger partial charge on any atom is -0.369 e. The van der Waals surface area contributed by atoms with Crippen molar-refractivity contribution >= 4 is 5.82 Å². The van der Waals surface area contributed by atoms with Gasteiger partial charge in [0.2, 0.25) is 0 Å². The van der Waals surface area contributed by atoms with Crippen LogP contribution in [-0.2, 0) is 0 Å². The molecule has 0 spiro atoms. The molecule has 74 valence electrons. The molecule has 0 atom stereocenters. The number of hydrogen-bond acceptors (Lipinski definition) is 4. The molecular formula is C10H14N4. The van der Waals surface area contributed by atoms with Gasteiger partial charge in [-0.2, -0.15) is 5.26 Å². The molecule has 1 aromatic heterocycles. The molecule has 0 saturated carbocycles. The molecule has 1 heterocycles. The Morgan fingerprint density at radius 3 is 2.71 bits per heavy atom. The molecule has 0 aliphatic carbocycles. The lowest BCUT2D eigenvalue weighted by Crippen LogP contribution is -2.06. The van der Waals surface area contributed by atoms with Gasteiger partial charge in [0.1, 0.15) is 11.9 Å². The van der Waals surface area contributed by atoms with E-state index in [4.69, 9.17) is 5.26 Å². The van der Waals surface area contributed by atoms with Gasteiger partial charge in [-0.1, -0.05) is 13.8 Å². The van der Waals surface area contributed by atoms with Gasteiger partial charge in [-0.15, -0.1) is 10.2 Å². The normalized spacial score (nSPS) is 9.86. The predicted octanol–water partition coefficient (Wildman–Crippen LogP) is 1.81. The van der Waals surface area contributed by atoms with Gasteiger partial charge in [0.05, 0.1) is 0 Å². The first kappa shape index (κ1) is 10.5. The van der Waals surface area contributed by atoms with Crippen molar-refractivity contribution in [2.45, 2.75) is 20.3 Å². The van der Waals surface area contributed by atoms with Crippen LogP contribution in [0.1, 0.15) is 26.0 Å². The highest BCUT2D eigenvalue weighted by Gasteiger charge is 1.97. The second kappa shape index (κ2) is 5.18. The van der Waals surface area contributed by atoms with Crippen LogP contribution in [0.25, 0.3) is 0 Å². The Morgan fingerprint density at radius 1 is 1.43 bits per heavy atom. The lowest BCUT2D eigenvalue weighted by atomic mass is 10.1. The summed E-state index contributed by atoms with van der Waals surface area (Å²) in [4.78, 5) is 0. The van der Waals surface area contributed by atoms with E-state index in [1.54, 1.807) is 12.1 Å². The summed E-state index contributed by atoms with van der Waals surface area (Å²) in [5.74, 6) is 1.40. The fourth-order valence-corrected chi connectivity index (χ4v) is 0.975. The molecule has 0 aromatic carbocycles. The molecule has 0 amide bonds. The van der Waals surface area contributed by atoms with E-state index in [9.17, 15) is 0 Å². The van der Waals surface area contributed by atoms with Gasteiger partial charge in [0, 0.05) is 6.54 Å². The first-order valence-corrected chi connectivity index (χ1v) is 4.70. The maximum atomic E-state index is 8.50. The zero-order valence-corrected chi connectivity index (χ0v) is 8.49. The molecule has 0 saturated heterocycles. The Bertz CT molecular complexity index is 310. The van der Waals surface area contributed by atoms with Crippen molar-refractivity contribution in [2.75, 3.05) is 11.9 Å². The number of nitriles is 1. The van der Waals surface area contributed by atoms with Crippen LogP contribution < -0.4 is 5.32 Å². The average molecular weight is 190 g/mol. The Balaban J connectivity index is 2.41. The first-order valence-electron chi connectivity index (χ1n) is 4.70. The molecule has 1 aromatic rings. The van der Waals surface area contributed by atoms with Gasteiger partial charge < -0.3 is 5.32 Å². The zero-order valence-electron chi connectivity index (χ0n) is 8.49. The Hall–Kier alpha value is -1.63. The van der Waals surface area contributed by atoms with Crippen molar-refractivity contribution in [1.82, 2.24) is 10.2 Å². The Kier molecular flexibility index (Phi) is 3.86. The summed E-state index contributed by atoms with van der Waals surface area (Å²) in [5, 5.41) is 19.2. The second-order valence-electron chi connectivity index (χ2n) is 3.52. The minimum atomic E-state index is 0.347. The third-order valence-electron chi connectivity index (χ3n) is 1.81. The van der Waals surface area contributed by atoms with Gasteiger partial charge in [0.15, 0.2) is 5.69 Å². The van der Waals surface area contributed by atoms with E-state index in [0.29, 0.717) is 11.6 Å². The van der Waals surface area contributed by atoms with E-state index < -0.39 is 0 Å². The highest BCUT2D eigenvalue weighted by atomic mass is 15.2. The highest BCUT2D eigenvalue weighted by Crippen LogP contribution is 2.03. The monoisotopic (exact) mass is 190 g/mol. The Labute approximate surface area is 84.0 Å². The molecular weight excluding hydrogens is 176 g/mol. The average Bonchev–Trinajstić information content (AvgIpc) is 2.18. The zero-order chi connectivity index (χ0) is 10.4. The molecule has 0 aliphatic rings. The summed E-state index contributed by atoms with van der Waals surface area (Å²) in [7, 11) is 0. The van der Waals surface area contributed by atoms with E-state index in [-0.39, 0.29) is 0 Å². The first-order chi connectivity index (χ1) is 6.72. The number of nitrogens with one attached hydrogen (secondary N) is 1. The lowest BCUT2D eigenvalue weighted by Gasteiger charge is -2.06. The fraction of sp³-hybridized carbons (Fsp3) is 0.500. The van der Waals surface area contributed by atoms with Crippen molar-refractivity contribution in [3.8, 4) is 6.07 Å². The summed E-state index contributed by atoms with van der Waals surface area (Å²) in [5.41, 5.74) is 0.347. The van der Waals surface area contributed by atoms with Crippen molar-refractivity contribution in [3.63, 3.8) is 0 Å². The van der Waals surface area contributed by atoms with E-state index in [1.165, 1.54) is 0 Å². The van der Waals surface area contributed by atoms with E-state index >= 15 is 0 Å². The Morgan fingerprint density at radius 2 is 2.21 bits per heavy atom. The van der Waals surface area contributed by atoms with Gasteiger partial charge in [-0.25, -0.2) is 0 Å². The maximum Gasteiger partial charge on any atom is 0.163 e. The van der Waals surface area contributed by atoms with Crippen LogP contribution in [0.5, 0.6) is 0 Å². The molecule has 4 nitrogen and oxygen atoms in total. The molecule has 14 heavy (non-hydrogen) atoms. The molecule has 0 unspecified atom stereocenters. The standard InChI is InChI=1S/C10H14N4/c1-8(2)5-6-12-10-4-3-9(7-11)13-14-10/h3-4,8H,5-6H2,1-2H3,(H,12,14). The minimum absolute atomic E-state index is 0.347. The second-order valence-corrected chi connectivity index (χ2v) is 3.52. The van der Waals surface area contributed by atoms with Crippen LogP contribution >= 0.6 is 0 Å². The molecule has 4 heteroatoms. The van der Waals surface area contributed by atoms with Crippen LogP contribution in [-0.4, -0.2) is 16.7 Å². The number of aromatic nitrogens is 2. The third-order valence-corrected chi connectivity index (χ3v) is 1.81. The summed E-state index contributed by atoms with van der Waals surface area (Å²) in [6, 6.07) is 5.35. The van der Waals surface area contributed by atoms with Gasteiger partial charge in [-0.3, -0.25) is 0 Å². The lowest BCUT2D eigenvalue weighted by molar-refractivity contribution is 0.606. The summed E-state index contributed by atoms with van der Waals surface area (Å²) in [6.07, 6.45) is 1.10. The maximum absolute atomic E-state index is 8.50. The van der Waals surface area contributed by atoms with Gasteiger partial charge >= 0.3 is 0 Å². The topological polar surface area (TPSA) is 61.6 Å². The number of nitrogens with zero attached hydrogens (tertiary/aromatic N) is 3. The van der Waals surface area contributed by atoms with Crippen LogP contribution in [0.15, 0.2) is 12.1 Å². The van der Waals surface area contributed by atoms with Crippen LogP contribution in [0, 0.1) is 17.2 Å². The fourth-order valence-electron chi connectivity index (χ4n) is 0.975. The number of hydrogen-bond donors (Lipinski definition) is 1. The SMILES string of the molecule is CC(C)CCNc1ccc(C#N)nn1. The van der Waals surface area contributed by atoms with Crippen molar-refractivity contribution < 1.29 is 0 Å². The molecule has 0 radical (unpaired) electrons. The van der Waals surface area contributed by atoms with E-state index in [0.717, 1.165) is 18.8 Å². The molecule has 1 N–H and O–H groups in total. The summed E-state index contributed by atoms with van der Waals surface area (Å²) in [6.45, 7) is 5.23. The smallest absolute Gasteiger partial charge is 0.163 e. The molecule has 0 fully saturated rings. The van der Waals surface area contributed by atoms with Crippen molar-refractivity contribution in [1.29, 1.82) is 5.26 Å². The largest absolute Gasteiger partial charge is 0.369 e. The van der Waals surface area contributed by atoms with Crippen molar-refractivity contribution in [3.05, 3.63) is 17.8 Å². The summed E-state index contributed by atoms with van der Waals surface area (Å²) < 4.78 is 0. The summed E-state index contributed by atoms with van der Waals surface area (Å²) >= 11 is 0. The van der Waals surface area contributed by atoms with Crippen LogP contribution in [0.4, 0.5) is 5.82 Å². The number of rotatable bonds is 4.